The third-order valence-corrected chi connectivity index (χ3v) is 2.47. The lowest BCUT2D eigenvalue weighted by molar-refractivity contribution is -0.110. The SMILES string of the molecule is O=S(=O)(O)C[C@H](O)[C@@H](O)[C@@H](O)[C@H](O)CO. The maximum atomic E-state index is 10.3. The van der Waals surface area contributed by atoms with Gasteiger partial charge in [0.2, 0.25) is 0 Å². The molecule has 0 radical (unpaired) electrons. The smallest absolute Gasteiger partial charge is 0.267 e. The molecule has 0 fully saturated rings. The Morgan fingerprint density at radius 2 is 1.33 bits per heavy atom. The zero-order valence-electron chi connectivity index (χ0n) is 7.63. The quantitative estimate of drug-likeness (QED) is 0.262. The summed E-state index contributed by atoms with van der Waals surface area (Å²) < 4.78 is 28.9. The first-order chi connectivity index (χ1) is 6.69. The van der Waals surface area contributed by atoms with E-state index in [4.69, 9.17) is 30.1 Å². The van der Waals surface area contributed by atoms with Gasteiger partial charge in [-0.1, -0.05) is 0 Å². The van der Waals surface area contributed by atoms with Gasteiger partial charge >= 0.3 is 0 Å². The van der Waals surface area contributed by atoms with Crippen LogP contribution in [0.5, 0.6) is 0 Å². The third kappa shape index (κ3) is 5.37. The predicted octanol–water partition coefficient (Wildman–Crippen LogP) is -3.69. The fourth-order valence-corrected chi connectivity index (χ4v) is 1.51. The van der Waals surface area contributed by atoms with Gasteiger partial charge in [-0.05, 0) is 0 Å². The highest BCUT2D eigenvalue weighted by Gasteiger charge is 2.32. The Bertz CT molecular complexity index is 275. The van der Waals surface area contributed by atoms with Gasteiger partial charge in [0.1, 0.15) is 24.1 Å². The van der Waals surface area contributed by atoms with Crippen LogP contribution in [0.15, 0.2) is 0 Å². The van der Waals surface area contributed by atoms with Crippen LogP contribution in [-0.4, -0.2) is 75.3 Å². The Morgan fingerprint density at radius 3 is 1.67 bits per heavy atom. The van der Waals surface area contributed by atoms with E-state index in [2.05, 4.69) is 0 Å². The molecule has 0 aliphatic rings. The molecular formula is C6H14O8S. The standard InChI is InChI=1S/C6H14O8S/c7-1-3(8)5(10)6(11)4(9)2-15(12,13)14/h3-11H,1-2H2,(H,12,13,14)/t3-,4+,5+,6-/m1/s1. The highest BCUT2D eigenvalue weighted by atomic mass is 32.2. The van der Waals surface area contributed by atoms with Gasteiger partial charge in [0.05, 0.1) is 12.7 Å². The molecule has 15 heavy (non-hydrogen) atoms. The molecule has 8 nitrogen and oxygen atoms in total. The molecule has 92 valence electrons. The van der Waals surface area contributed by atoms with Crippen molar-refractivity contribution in [1.29, 1.82) is 0 Å². The molecule has 6 N–H and O–H groups in total. The van der Waals surface area contributed by atoms with Crippen LogP contribution in [0.1, 0.15) is 0 Å². The largest absolute Gasteiger partial charge is 0.394 e. The lowest BCUT2D eigenvalue weighted by Crippen LogP contribution is -2.47. The second-order valence-electron chi connectivity index (χ2n) is 3.05. The van der Waals surface area contributed by atoms with E-state index in [1.165, 1.54) is 0 Å². The molecule has 0 amide bonds. The van der Waals surface area contributed by atoms with Crippen LogP contribution in [0.3, 0.4) is 0 Å². The molecular weight excluding hydrogens is 232 g/mol. The fourth-order valence-electron chi connectivity index (χ4n) is 0.878. The number of hydrogen-bond acceptors (Lipinski definition) is 7. The van der Waals surface area contributed by atoms with Crippen molar-refractivity contribution in [3.63, 3.8) is 0 Å². The fraction of sp³-hybridized carbons (Fsp3) is 1.00. The van der Waals surface area contributed by atoms with E-state index in [1.54, 1.807) is 0 Å². The molecule has 0 aromatic heterocycles. The maximum absolute atomic E-state index is 10.3. The van der Waals surface area contributed by atoms with Gasteiger partial charge in [0.15, 0.2) is 0 Å². The number of aliphatic hydroxyl groups excluding tert-OH is 5. The lowest BCUT2D eigenvalue weighted by atomic mass is 10.0. The van der Waals surface area contributed by atoms with E-state index in [0.29, 0.717) is 0 Å². The normalized spacial score (nSPS) is 20.7. The highest BCUT2D eigenvalue weighted by Crippen LogP contribution is 2.06. The molecule has 0 aromatic carbocycles. The first-order valence-electron chi connectivity index (χ1n) is 3.97. The summed E-state index contributed by atoms with van der Waals surface area (Å²) in [5, 5.41) is 44.4. The van der Waals surface area contributed by atoms with Crippen molar-refractivity contribution in [2.75, 3.05) is 12.4 Å². The first-order valence-corrected chi connectivity index (χ1v) is 5.58. The average Bonchev–Trinajstić information content (AvgIpc) is 2.11. The Morgan fingerprint density at radius 1 is 0.933 bits per heavy atom. The van der Waals surface area contributed by atoms with Crippen LogP contribution >= 0.6 is 0 Å². The van der Waals surface area contributed by atoms with Crippen molar-refractivity contribution in [1.82, 2.24) is 0 Å². The summed E-state index contributed by atoms with van der Waals surface area (Å²) in [7, 11) is -4.50. The first kappa shape index (κ1) is 14.7. The Kier molecular flexibility index (Phi) is 5.59. The summed E-state index contributed by atoms with van der Waals surface area (Å²) >= 11 is 0. The van der Waals surface area contributed by atoms with Crippen LogP contribution in [-0.2, 0) is 10.1 Å². The van der Waals surface area contributed by atoms with Crippen molar-refractivity contribution in [2.24, 2.45) is 0 Å². The minimum absolute atomic E-state index is 0.864. The van der Waals surface area contributed by atoms with E-state index in [9.17, 15) is 8.42 Å². The van der Waals surface area contributed by atoms with Gasteiger partial charge in [0.25, 0.3) is 10.1 Å². The maximum Gasteiger partial charge on any atom is 0.267 e. The molecule has 9 heteroatoms. The zero-order valence-corrected chi connectivity index (χ0v) is 8.45. The third-order valence-electron chi connectivity index (χ3n) is 1.71. The number of aliphatic hydroxyl groups is 5. The average molecular weight is 246 g/mol. The minimum Gasteiger partial charge on any atom is -0.394 e. The zero-order chi connectivity index (χ0) is 12.2. The molecule has 0 saturated heterocycles. The van der Waals surface area contributed by atoms with Crippen LogP contribution in [0.2, 0.25) is 0 Å². The molecule has 0 heterocycles. The van der Waals surface area contributed by atoms with Crippen LogP contribution < -0.4 is 0 Å². The summed E-state index contributed by atoms with van der Waals surface area (Å²) in [6, 6.07) is 0. The topological polar surface area (TPSA) is 156 Å². The van der Waals surface area contributed by atoms with Gasteiger partial charge in [-0.2, -0.15) is 8.42 Å². The molecule has 0 rings (SSSR count). The summed E-state index contributed by atoms with van der Waals surface area (Å²) in [5.41, 5.74) is 0. The summed E-state index contributed by atoms with van der Waals surface area (Å²) in [6.45, 7) is -0.864. The minimum atomic E-state index is -4.50. The predicted molar refractivity (Wildman–Crippen MR) is 47.5 cm³/mol. The molecule has 0 unspecified atom stereocenters. The Balaban J connectivity index is 4.37. The second-order valence-corrected chi connectivity index (χ2v) is 4.54. The van der Waals surface area contributed by atoms with E-state index >= 15 is 0 Å². The number of hydrogen-bond donors (Lipinski definition) is 6. The van der Waals surface area contributed by atoms with Crippen molar-refractivity contribution >= 4 is 10.1 Å². The van der Waals surface area contributed by atoms with Crippen LogP contribution in [0, 0.1) is 0 Å². The molecule has 4 atom stereocenters. The Labute approximate surface area is 86.2 Å². The van der Waals surface area contributed by atoms with E-state index < -0.39 is 46.9 Å². The summed E-state index contributed by atoms with van der Waals surface area (Å²) in [6.07, 6.45) is -7.58. The van der Waals surface area contributed by atoms with Crippen molar-refractivity contribution in [3.05, 3.63) is 0 Å². The summed E-state index contributed by atoms with van der Waals surface area (Å²) in [4.78, 5) is 0. The monoisotopic (exact) mass is 246 g/mol. The molecule has 0 aliphatic heterocycles. The highest BCUT2D eigenvalue weighted by molar-refractivity contribution is 7.85. The molecule has 0 aromatic rings. The van der Waals surface area contributed by atoms with E-state index in [1.807, 2.05) is 0 Å². The number of rotatable bonds is 6. The van der Waals surface area contributed by atoms with Gasteiger partial charge < -0.3 is 25.5 Å². The van der Waals surface area contributed by atoms with Crippen molar-refractivity contribution in [2.45, 2.75) is 24.4 Å². The van der Waals surface area contributed by atoms with Crippen LogP contribution in [0.4, 0.5) is 0 Å². The summed E-state index contributed by atoms with van der Waals surface area (Å²) in [5.74, 6) is -1.18. The van der Waals surface area contributed by atoms with Crippen molar-refractivity contribution < 1.29 is 38.5 Å². The van der Waals surface area contributed by atoms with E-state index in [-0.39, 0.29) is 0 Å². The van der Waals surface area contributed by atoms with Crippen molar-refractivity contribution in [3.8, 4) is 0 Å². The van der Waals surface area contributed by atoms with E-state index in [0.717, 1.165) is 0 Å². The molecule has 0 spiro atoms. The van der Waals surface area contributed by atoms with Gasteiger partial charge in [0, 0.05) is 0 Å². The molecule has 0 aliphatic carbocycles. The van der Waals surface area contributed by atoms with Gasteiger partial charge in [-0.25, -0.2) is 0 Å². The second kappa shape index (κ2) is 5.70. The van der Waals surface area contributed by atoms with Gasteiger partial charge in [-0.3, -0.25) is 4.55 Å². The van der Waals surface area contributed by atoms with Gasteiger partial charge in [-0.15, -0.1) is 0 Å². The molecule has 0 bridgehead atoms. The molecule has 0 saturated carbocycles. The lowest BCUT2D eigenvalue weighted by Gasteiger charge is -2.24. The Hall–Kier alpha value is -0.290. The van der Waals surface area contributed by atoms with Crippen LogP contribution in [0.25, 0.3) is 0 Å².